The van der Waals surface area contributed by atoms with E-state index in [1.54, 1.807) is 4.31 Å². The highest BCUT2D eigenvalue weighted by molar-refractivity contribution is 7.88. The molecule has 26 heavy (non-hydrogen) atoms. The number of carbonyl (C=O) groups excluding carboxylic acids is 1. The summed E-state index contributed by atoms with van der Waals surface area (Å²) in [5, 5.41) is 3.14. The van der Waals surface area contributed by atoms with E-state index in [0.717, 1.165) is 18.4 Å². The predicted molar refractivity (Wildman–Crippen MR) is 102 cm³/mol. The minimum atomic E-state index is -3.32. The van der Waals surface area contributed by atoms with Crippen molar-refractivity contribution >= 4 is 15.9 Å². The fourth-order valence-corrected chi connectivity index (χ4v) is 5.32. The number of hydrogen-bond donors (Lipinski definition) is 1. The average molecular weight is 380 g/mol. The maximum absolute atomic E-state index is 12.6. The topological polar surface area (TPSA) is 69.7 Å². The van der Waals surface area contributed by atoms with Crippen LogP contribution in [0.5, 0.6) is 0 Å². The van der Waals surface area contributed by atoms with Crippen LogP contribution < -0.4 is 5.32 Å². The molecule has 144 valence electrons. The smallest absolute Gasteiger partial charge is 0.237 e. The Morgan fingerprint density at radius 1 is 1.12 bits per heavy atom. The van der Waals surface area contributed by atoms with Crippen molar-refractivity contribution in [2.75, 3.05) is 26.2 Å². The minimum absolute atomic E-state index is 0.0333. The normalized spacial score (nSPS) is 21.6. The summed E-state index contributed by atoms with van der Waals surface area (Å²) in [4.78, 5) is 14.5. The molecule has 1 aromatic rings. The summed E-state index contributed by atoms with van der Waals surface area (Å²) < 4.78 is 26.8. The van der Waals surface area contributed by atoms with Gasteiger partial charge in [-0.1, -0.05) is 43.2 Å². The number of amides is 1. The molecule has 0 aromatic heterocycles. The molecular weight excluding hydrogens is 350 g/mol. The van der Waals surface area contributed by atoms with Gasteiger partial charge in [0.1, 0.15) is 0 Å². The van der Waals surface area contributed by atoms with Crippen LogP contribution in [-0.2, 0) is 20.6 Å². The molecule has 2 fully saturated rings. The van der Waals surface area contributed by atoms with E-state index in [2.05, 4.69) is 10.2 Å². The zero-order chi connectivity index (χ0) is 18.6. The van der Waals surface area contributed by atoms with E-state index in [-0.39, 0.29) is 17.7 Å². The lowest BCUT2D eigenvalue weighted by molar-refractivity contribution is -0.127. The van der Waals surface area contributed by atoms with Crippen molar-refractivity contribution in [1.82, 2.24) is 14.5 Å². The molecule has 3 rings (SSSR count). The lowest BCUT2D eigenvalue weighted by atomic mass is 10.2. The second-order valence-corrected chi connectivity index (χ2v) is 9.31. The van der Waals surface area contributed by atoms with Crippen LogP contribution in [0.2, 0.25) is 0 Å². The van der Waals surface area contributed by atoms with E-state index < -0.39 is 10.0 Å². The van der Waals surface area contributed by atoms with Gasteiger partial charge in [0.2, 0.25) is 15.9 Å². The van der Waals surface area contributed by atoms with Crippen LogP contribution >= 0.6 is 0 Å². The van der Waals surface area contributed by atoms with Crippen LogP contribution in [0.4, 0.5) is 0 Å². The number of nitrogens with zero attached hydrogens (tertiary/aromatic N) is 2. The highest BCUT2D eigenvalue weighted by atomic mass is 32.2. The van der Waals surface area contributed by atoms with E-state index in [9.17, 15) is 13.2 Å². The molecule has 1 aliphatic heterocycles. The molecule has 0 spiro atoms. The fourth-order valence-electron chi connectivity index (χ4n) is 3.80. The minimum Gasteiger partial charge on any atom is -0.352 e. The molecule has 0 radical (unpaired) electrons. The molecule has 1 amide bonds. The van der Waals surface area contributed by atoms with Gasteiger partial charge in [0.25, 0.3) is 0 Å². The monoisotopic (exact) mass is 379 g/mol. The molecular formula is C19H29N3O3S. The number of piperazine rings is 1. The van der Waals surface area contributed by atoms with Crippen molar-refractivity contribution in [2.45, 2.75) is 50.4 Å². The lowest BCUT2D eigenvalue weighted by Gasteiger charge is -2.37. The van der Waals surface area contributed by atoms with Gasteiger partial charge in [0, 0.05) is 32.2 Å². The van der Waals surface area contributed by atoms with Gasteiger partial charge in [0.15, 0.2) is 0 Å². The van der Waals surface area contributed by atoms with E-state index in [1.165, 1.54) is 12.8 Å². The number of hydrogen-bond acceptors (Lipinski definition) is 4. The van der Waals surface area contributed by atoms with Gasteiger partial charge in [-0.15, -0.1) is 0 Å². The zero-order valence-corrected chi connectivity index (χ0v) is 16.2. The third-order valence-electron chi connectivity index (χ3n) is 5.49. The third kappa shape index (κ3) is 4.84. The molecule has 1 aliphatic carbocycles. The Morgan fingerprint density at radius 2 is 1.73 bits per heavy atom. The number of rotatable bonds is 6. The molecule has 1 atom stereocenters. The first kappa shape index (κ1) is 19.3. The first-order chi connectivity index (χ1) is 12.5. The second kappa shape index (κ2) is 8.50. The highest BCUT2D eigenvalue weighted by Gasteiger charge is 2.31. The van der Waals surface area contributed by atoms with Crippen molar-refractivity contribution in [3.8, 4) is 0 Å². The Morgan fingerprint density at radius 3 is 2.35 bits per heavy atom. The maximum Gasteiger partial charge on any atom is 0.237 e. The van der Waals surface area contributed by atoms with E-state index in [1.807, 2.05) is 37.3 Å². The fraction of sp³-hybridized carbons (Fsp3) is 0.632. The van der Waals surface area contributed by atoms with Gasteiger partial charge < -0.3 is 5.32 Å². The van der Waals surface area contributed by atoms with Crippen molar-refractivity contribution in [3.05, 3.63) is 35.9 Å². The Bertz CT molecular complexity index is 694. The molecule has 1 saturated carbocycles. The van der Waals surface area contributed by atoms with Gasteiger partial charge in [-0.05, 0) is 25.3 Å². The number of nitrogens with one attached hydrogen (secondary N) is 1. The van der Waals surface area contributed by atoms with Crippen LogP contribution in [0.3, 0.4) is 0 Å². The summed E-state index contributed by atoms with van der Waals surface area (Å²) in [6, 6.07) is 9.37. The van der Waals surface area contributed by atoms with Gasteiger partial charge in [-0.2, -0.15) is 4.31 Å². The van der Waals surface area contributed by atoms with Crippen LogP contribution in [0.1, 0.15) is 38.2 Å². The average Bonchev–Trinajstić information content (AvgIpc) is 3.14. The Balaban J connectivity index is 1.50. The second-order valence-electron chi connectivity index (χ2n) is 7.34. The van der Waals surface area contributed by atoms with Crippen LogP contribution in [0.25, 0.3) is 0 Å². The van der Waals surface area contributed by atoms with Gasteiger partial charge in [-0.25, -0.2) is 8.42 Å². The summed E-state index contributed by atoms with van der Waals surface area (Å²) in [6.45, 7) is 3.98. The zero-order valence-electron chi connectivity index (χ0n) is 15.4. The van der Waals surface area contributed by atoms with Crippen molar-refractivity contribution in [3.63, 3.8) is 0 Å². The molecule has 0 bridgehead atoms. The molecule has 1 N–H and O–H groups in total. The molecule has 2 aliphatic rings. The van der Waals surface area contributed by atoms with E-state index in [4.69, 9.17) is 0 Å². The molecule has 1 saturated heterocycles. The standard InChI is InChI=1S/C19H29N3O3S/c1-16(19(23)20-18-9-5-6-10-18)21-11-13-22(14-12-21)26(24,25)15-17-7-3-2-4-8-17/h2-4,7-8,16,18H,5-6,9-15H2,1H3,(H,20,23)/t16-/m0/s1. The van der Waals surface area contributed by atoms with Gasteiger partial charge in [0.05, 0.1) is 11.8 Å². The summed E-state index contributed by atoms with van der Waals surface area (Å²) in [7, 11) is -3.32. The van der Waals surface area contributed by atoms with Crippen LogP contribution in [0.15, 0.2) is 30.3 Å². The third-order valence-corrected chi connectivity index (χ3v) is 7.34. The van der Waals surface area contributed by atoms with Gasteiger partial charge >= 0.3 is 0 Å². The summed E-state index contributed by atoms with van der Waals surface area (Å²) >= 11 is 0. The summed E-state index contributed by atoms with van der Waals surface area (Å²) in [5.41, 5.74) is 0.805. The number of sulfonamides is 1. The SMILES string of the molecule is C[C@@H](C(=O)NC1CCCC1)N1CCN(S(=O)(=O)Cc2ccccc2)CC1. The largest absolute Gasteiger partial charge is 0.352 e. The summed E-state index contributed by atoms with van der Waals surface area (Å²) in [5.74, 6) is 0.100. The highest BCUT2D eigenvalue weighted by Crippen LogP contribution is 2.19. The predicted octanol–water partition coefficient (Wildman–Crippen LogP) is 1.58. The molecule has 1 heterocycles. The van der Waals surface area contributed by atoms with E-state index >= 15 is 0 Å². The Labute approximate surface area is 156 Å². The molecule has 0 unspecified atom stereocenters. The lowest BCUT2D eigenvalue weighted by Crippen LogP contribution is -2.55. The number of carbonyl (C=O) groups is 1. The molecule has 1 aromatic carbocycles. The van der Waals surface area contributed by atoms with Crippen molar-refractivity contribution in [2.24, 2.45) is 0 Å². The molecule has 6 nitrogen and oxygen atoms in total. The van der Waals surface area contributed by atoms with Crippen molar-refractivity contribution < 1.29 is 13.2 Å². The van der Waals surface area contributed by atoms with Crippen LogP contribution in [-0.4, -0.2) is 61.8 Å². The van der Waals surface area contributed by atoms with E-state index in [0.29, 0.717) is 32.2 Å². The molecule has 7 heteroatoms. The quantitative estimate of drug-likeness (QED) is 0.815. The number of benzene rings is 1. The first-order valence-electron chi connectivity index (χ1n) is 9.52. The maximum atomic E-state index is 12.6. The Hall–Kier alpha value is -1.44. The summed E-state index contributed by atoms with van der Waals surface area (Å²) in [6.07, 6.45) is 4.53. The van der Waals surface area contributed by atoms with Crippen molar-refractivity contribution in [1.29, 1.82) is 0 Å². The van der Waals surface area contributed by atoms with Gasteiger partial charge in [-0.3, -0.25) is 9.69 Å². The Kier molecular flexibility index (Phi) is 6.32. The van der Waals surface area contributed by atoms with Crippen LogP contribution in [0, 0.1) is 0 Å². The first-order valence-corrected chi connectivity index (χ1v) is 11.1.